The topological polar surface area (TPSA) is 128 Å². The van der Waals surface area contributed by atoms with Crippen molar-refractivity contribution >= 4 is 26.7 Å². The molecule has 0 saturated carbocycles. The number of aromatic amines is 1. The molecule has 0 amide bonds. The van der Waals surface area contributed by atoms with Crippen LogP contribution in [-0.4, -0.2) is 46.9 Å². The summed E-state index contributed by atoms with van der Waals surface area (Å²) in [6.07, 6.45) is 2.00. The van der Waals surface area contributed by atoms with Gasteiger partial charge in [-0.2, -0.15) is 4.31 Å². The van der Waals surface area contributed by atoms with E-state index < -0.39 is 20.6 Å². The van der Waals surface area contributed by atoms with E-state index in [1.165, 1.54) is 16.4 Å². The van der Waals surface area contributed by atoms with E-state index in [1.807, 2.05) is 24.3 Å². The molecule has 1 aromatic heterocycles. The van der Waals surface area contributed by atoms with E-state index in [-0.39, 0.29) is 22.9 Å². The van der Waals surface area contributed by atoms with Crippen LogP contribution in [0.15, 0.2) is 52.2 Å². The Morgan fingerprint density at radius 2 is 1.87 bits per heavy atom. The molecule has 1 aliphatic heterocycles. The number of sulfonamides is 1. The number of aromatic nitrogens is 2. The molecule has 1 N–H and O–H groups in total. The highest BCUT2D eigenvalue weighted by Crippen LogP contribution is 2.32. The Bertz CT molecular complexity index is 1270. The molecular formula is C20H22N4O6S. The van der Waals surface area contributed by atoms with Crippen LogP contribution in [0.1, 0.15) is 19.3 Å². The molecule has 1 aliphatic rings. The number of nitro groups is 1. The molecule has 4 rings (SSSR count). The van der Waals surface area contributed by atoms with E-state index in [0.717, 1.165) is 29.9 Å². The van der Waals surface area contributed by atoms with Crippen LogP contribution in [0.25, 0.3) is 11.0 Å². The first-order valence-electron chi connectivity index (χ1n) is 9.97. The van der Waals surface area contributed by atoms with Crippen LogP contribution in [0.5, 0.6) is 5.75 Å². The molecule has 3 aromatic rings. The van der Waals surface area contributed by atoms with Crippen molar-refractivity contribution in [2.45, 2.75) is 30.7 Å². The fourth-order valence-corrected chi connectivity index (χ4v) is 5.27. The van der Waals surface area contributed by atoms with Gasteiger partial charge in [-0.1, -0.05) is 12.1 Å². The van der Waals surface area contributed by atoms with Gasteiger partial charge in [0.05, 0.1) is 27.5 Å². The molecule has 164 valence electrons. The van der Waals surface area contributed by atoms with Crippen LogP contribution in [0.2, 0.25) is 0 Å². The molecule has 0 radical (unpaired) electrons. The van der Waals surface area contributed by atoms with E-state index in [9.17, 15) is 23.3 Å². The number of fused-ring (bicyclic) bond motifs is 1. The number of para-hydroxylation sites is 2. The van der Waals surface area contributed by atoms with E-state index in [0.29, 0.717) is 26.1 Å². The summed E-state index contributed by atoms with van der Waals surface area (Å²) >= 11 is 0. The zero-order valence-corrected chi connectivity index (χ0v) is 17.5. The van der Waals surface area contributed by atoms with E-state index in [1.54, 1.807) is 4.57 Å². The predicted octanol–water partition coefficient (Wildman–Crippen LogP) is 2.49. The van der Waals surface area contributed by atoms with Gasteiger partial charge in [-0.3, -0.25) is 14.7 Å². The second-order valence-corrected chi connectivity index (χ2v) is 9.24. The molecule has 11 heteroatoms. The van der Waals surface area contributed by atoms with Crippen LogP contribution in [-0.2, 0) is 16.6 Å². The average Bonchev–Trinajstić information content (AvgIpc) is 3.39. The normalized spacial score (nSPS) is 14.8. The van der Waals surface area contributed by atoms with Crippen molar-refractivity contribution in [3.05, 3.63) is 63.1 Å². The number of nitrogens with zero attached hydrogens (tertiary/aromatic N) is 3. The number of H-pyrrole nitrogens is 1. The van der Waals surface area contributed by atoms with Crippen molar-refractivity contribution in [2.75, 3.05) is 19.7 Å². The van der Waals surface area contributed by atoms with Gasteiger partial charge >= 0.3 is 11.4 Å². The zero-order valence-electron chi connectivity index (χ0n) is 16.7. The summed E-state index contributed by atoms with van der Waals surface area (Å²) in [6, 6.07) is 11.0. The maximum Gasteiger partial charge on any atom is 0.326 e. The molecule has 0 spiro atoms. The third-order valence-electron chi connectivity index (χ3n) is 5.30. The summed E-state index contributed by atoms with van der Waals surface area (Å²) in [6.45, 7) is 1.34. The fraction of sp³-hybridized carbons (Fsp3) is 0.350. The second-order valence-electron chi connectivity index (χ2n) is 7.30. The molecule has 31 heavy (non-hydrogen) atoms. The number of rotatable bonds is 8. The van der Waals surface area contributed by atoms with Gasteiger partial charge in [0.2, 0.25) is 10.0 Å². The Kier molecular flexibility index (Phi) is 5.79. The third-order valence-corrected chi connectivity index (χ3v) is 7.19. The SMILES string of the molecule is O=c1[nH]c2ccccc2n1CCCOc1ccc(S(=O)(=O)N2CCCC2)cc1[N+](=O)[O-]. The van der Waals surface area contributed by atoms with Gasteiger partial charge in [0.1, 0.15) is 0 Å². The number of aryl methyl sites for hydroxylation is 1. The molecule has 0 unspecified atom stereocenters. The maximum atomic E-state index is 12.7. The molecule has 0 atom stereocenters. The quantitative estimate of drug-likeness (QED) is 0.322. The Hall–Kier alpha value is -3.18. The number of ether oxygens (including phenoxy) is 1. The number of nitro benzene ring substituents is 1. The van der Waals surface area contributed by atoms with Crippen molar-refractivity contribution in [1.29, 1.82) is 0 Å². The molecule has 1 saturated heterocycles. The van der Waals surface area contributed by atoms with Gasteiger partial charge in [0.15, 0.2) is 5.75 Å². The highest BCUT2D eigenvalue weighted by molar-refractivity contribution is 7.89. The summed E-state index contributed by atoms with van der Waals surface area (Å²) in [5, 5.41) is 11.5. The van der Waals surface area contributed by atoms with E-state index in [2.05, 4.69) is 4.98 Å². The minimum atomic E-state index is -3.76. The Morgan fingerprint density at radius 3 is 2.61 bits per heavy atom. The lowest BCUT2D eigenvalue weighted by molar-refractivity contribution is -0.386. The van der Waals surface area contributed by atoms with Crippen molar-refractivity contribution in [3.63, 3.8) is 0 Å². The summed E-state index contributed by atoms with van der Waals surface area (Å²) in [4.78, 5) is 25.6. The van der Waals surface area contributed by atoms with Crippen molar-refractivity contribution in [3.8, 4) is 5.75 Å². The summed E-state index contributed by atoms with van der Waals surface area (Å²) in [5.74, 6) is -0.00311. The minimum absolute atomic E-state index is 0.00311. The number of benzene rings is 2. The Morgan fingerprint density at radius 1 is 1.13 bits per heavy atom. The largest absolute Gasteiger partial charge is 0.487 e. The number of nitrogens with one attached hydrogen (secondary N) is 1. The number of hydrogen-bond donors (Lipinski definition) is 1. The monoisotopic (exact) mass is 446 g/mol. The van der Waals surface area contributed by atoms with Gasteiger partial charge < -0.3 is 9.72 Å². The van der Waals surface area contributed by atoms with Crippen molar-refractivity contribution < 1.29 is 18.1 Å². The minimum Gasteiger partial charge on any atom is -0.487 e. The van der Waals surface area contributed by atoms with Gasteiger partial charge in [0.25, 0.3) is 0 Å². The summed E-state index contributed by atoms with van der Waals surface area (Å²) < 4.78 is 33.8. The summed E-state index contributed by atoms with van der Waals surface area (Å²) in [7, 11) is -3.76. The third kappa shape index (κ3) is 4.19. The smallest absolute Gasteiger partial charge is 0.326 e. The van der Waals surface area contributed by atoms with E-state index in [4.69, 9.17) is 4.74 Å². The van der Waals surface area contributed by atoms with Gasteiger partial charge in [-0.25, -0.2) is 13.2 Å². The zero-order chi connectivity index (χ0) is 22.0. The number of imidazole rings is 1. The first-order chi connectivity index (χ1) is 14.9. The summed E-state index contributed by atoms with van der Waals surface area (Å²) in [5.41, 5.74) is 0.877. The number of hydrogen-bond acceptors (Lipinski definition) is 6. The molecule has 1 fully saturated rings. The van der Waals surface area contributed by atoms with Gasteiger partial charge in [-0.15, -0.1) is 0 Å². The van der Waals surface area contributed by atoms with Gasteiger partial charge in [0, 0.05) is 25.7 Å². The first kappa shape index (κ1) is 21.1. The fourth-order valence-electron chi connectivity index (χ4n) is 3.73. The molecule has 10 nitrogen and oxygen atoms in total. The van der Waals surface area contributed by atoms with Crippen LogP contribution in [0.3, 0.4) is 0 Å². The van der Waals surface area contributed by atoms with Crippen molar-refractivity contribution in [1.82, 2.24) is 13.9 Å². The standard InChI is InChI=1S/C20H22N4O6S/c25-20-21-16-6-1-2-7-17(16)23(20)12-5-13-30-19-9-8-15(14-18(19)24(26)27)31(28,29)22-10-3-4-11-22/h1-2,6-9,14H,3-5,10-13H2,(H,21,25). The second kappa shape index (κ2) is 8.52. The van der Waals surface area contributed by atoms with E-state index >= 15 is 0 Å². The van der Waals surface area contributed by atoms with Gasteiger partial charge in [-0.05, 0) is 43.5 Å². The lowest BCUT2D eigenvalue weighted by atomic mass is 10.3. The van der Waals surface area contributed by atoms with Crippen molar-refractivity contribution in [2.24, 2.45) is 0 Å². The predicted molar refractivity (Wildman–Crippen MR) is 114 cm³/mol. The Labute approximate surface area is 178 Å². The van der Waals surface area contributed by atoms with Crippen LogP contribution < -0.4 is 10.4 Å². The molecule has 0 bridgehead atoms. The van der Waals surface area contributed by atoms with Crippen LogP contribution >= 0.6 is 0 Å². The average molecular weight is 446 g/mol. The molecule has 2 aromatic carbocycles. The first-order valence-corrected chi connectivity index (χ1v) is 11.4. The Balaban J connectivity index is 1.46. The maximum absolute atomic E-state index is 12.7. The molecule has 0 aliphatic carbocycles. The lowest BCUT2D eigenvalue weighted by Crippen LogP contribution is -2.27. The molecule has 2 heterocycles. The highest BCUT2D eigenvalue weighted by atomic mass is 32.2. The molecular weight excluding hydrogens is 424 g/mol. The highest BCUT2D eigenvalue weighted by Gasteiger charge is 2.29. The van der Waals surface area contributed by atoms with Crippen LogP contribution in [0.4, 0.5) is 5.69 Å². The van der Waals surface area contributed by atoms with Crippen LogP contribution in [0, 0.1) is 10.1 Å². The lowest BCUT2D eigenvalue weighted by Gasteiger charge is -2.16.